The van der Waals surface area contributed by atoms with Gasteiger partial charge in [-0.1, -0.05) is 91.5 Å². The first-order valence-corrected chi connectivity index (χ1v) is 10.4. The van der Waals surface area contributed by atoms with E-state index in [1.807, 2.05) is 104 Å². The highest BCUT2D eigenvalue weighted by molar-refractivity contribution is 5.84. The zero-order chi connectivity index (χ0) is 21.9. The zero-order valence-electron chi connectivity index (χ0n) is 17.7. The molecule has 0 amide bonds. The van der Waals surface area contributed by atoms with E-state index in [4.69, 9.17) is 19.4 Å². The lowest BCUT2D eigenvalue weighted by molar-refractivity contribution is 0.577. The molecule has 0 aliphatic rings. The molecule has 0 saturated heterocycles. The first kappa shape index (κ1) is 19.6. The van der Waals surface area contributed by atoms with Crippen LogP contribution in [0.15, 0.2) is 95.4 Å². The highest BCUT2D eigenvalue weighted by Crippen LogP contribution is 2.26. The Hall–Kier alpha value is -4.31. The second kappa shape index (κ2) is 8.44. The van der Waals surface area contributed by atoms with Crippen molar-refractivity contribution in [3.8, 4) is 34.2 Å². The van der Waals surface area contributed by atoms with E-state index < -0.39 is 0 Å². The molecule has 0 N–H and O–H groups in total. The highest BCUT2D eigenvalue weighted by atomic mass is 16.3. The van der Waals surface area contributed by atoms with E-state index in [0.29, 0.717) is 22.9 Å². The summed E-state index contributed by atoms with van der Waals surface area (Å²) in [5.74, 6) is 1.86. The molecule has 0 unspecified atom stereocenters. The van der Waals surface area contributed by atoms with E-state index in [2.05, 4.69) is 6.58 Å². The van der Waals surface area contributed by atoms with Crippen molar-refractivity contribution in [1.29, 1.82) is 0 Å². The number of rotatable bonds is 4. The number of furan rings is 1. The van der Waals surface area contributed by atoms with Crippen LogP contribution in [-0.2, 0) is 0 Å². The lowest BCUT2D eigenvalue weighted by atomic mass is 10.1. The minimum Gasteiger partial charge on any atom is -0.457 e. The fourth-order valence-electron chi connectivity index (χ4n) is 3.62. The molecule has 0 aliphatic heterocycles. The molecule has 5 aromatic rings. The minimum atomic E-state index is 0.598. The summed E-state index contributed by atoms with van der Waals surface area (Å²) in [6.07, 6.45) is 5.97. The lowest BCUT2D eigenvalue weighted by Gasteiger charge is -2.08. The molecule has 2 heterocycles. The monoisotopic (exact) mass is 415 g/mol. The number of fused-ring (bicyclic) bond motifs is 1. The molecule has 4 nitrogen and oxygen atoms in total. The summed E-state index contributed by atoms with van der Waals surface area (Å²) in [6, 6.07) is 25.9. The molecule has 0 spiro atoms. The van der Waals surface area contributed by atoms with Gasteiger partial charge in [-0.3, -0.25) is 0 Å². The third-order valence-corrected chi connectivity index (χ3v) is 5.22. The molecule has 0 radical (unpaired) electrons. The maximum atomic E-state index is 5.94. The van der Waals surface area contributed by atoms with Gasteiger partial charge in [-0.2, -0.15) is 0 Å². The third-order valence-electron chi connectivity index (χ3n) is 5.22. The van der Waals surface area contributed by atoms with Crippen LogP contribution in [0.4, 0.5) is 0 Å². The molecule has 154 valence electrons. The first-order chi connectivity index (χ1) is 15.7. The average molecular weight is 415 g/mol. The topological polar surface area (TPSA) is 51.8 Å². The Morgan fingerprint density at radius 1 is 0.719 bits per heavy atom. The van der Waals surface area contributed by atoms with Gasteiger partial charge in [0.25, 0.3) is 0 Å². The summed E-state index contributed by atoms with van der Waals surface area (Å²) < 4.78 is 5.94. The Morgan fingerprint density at radius 3 is 1.84 bits per heavy atom. The van der Waals surface area contributed by atoms with Crippen LogP contribution < -0.4 is 10.6 Å². The molecule has 3 aromatic carbocycles. The minimum absolute atomic E-state index is 0.598. The Morgan fingerprint density at radius 2 is 1.28 bits per heavy atom. The van der Waals surface area contributed by atoms with Crippen molar-refractivity contribution in [1.82, 2.24) is 15.0 Å². The standard InChI is InChI=1S/C28H21N3O/c1-3-4-15-23-19(2)32-25-18-22(16-17-24(23)25)28-30-26(20-11-7-5-8-12-20)29-27(31-28)21-13-9-6-10-14-21/h3-18H,2H2,1H3/b4-3-,23-15+. The lowest BCUT2D eigenvalue weighted by Crippen LogP contribution is -2.17. The van der Waals surface area contributed by atoms with E-state index in [1.165, 1.54) is 0 Å². The summed E-state index contributed by atoms with van der Waals surface area (Å²) in [5, 5.41) is 1.99. The second-order valence-electron chi connectivity index (χ2n) is 7.38. The summed E-state index contributed by atoms with van der Waals surface area (Å²) in [7, 11) is 0. The van der Waals surface area contributed by atoms with Gasteiger partial charge in [0.2, 0.25) is 0 Å². The normalized spacial score (nSPS) is 12.1. The van der Waals surface area contributed by atoms with E-state index in [9.17, 15) is 0 Å². The van der Waals surface area contributed by atoms with E-state index in [0.717, 1.165) is 32.9 Å². The molecule has 0 aliphatic carbocycles. The predicted molar refractivity (Wildman–Crippen MR) is 130 cm³/mol. The van der Waals surface area contributed by atoms with Crippen LogP contribution in [0.2, 0.25) is 0 Å². The van der Waals surface area contributed by atoms with Crippen molar-refractivity contribution in [3.63, 3.8) is 0 Å². The van der Waals surface area contributed by atoms with E-state index >= 15 is 0 Å². The van der Waals surface area contributed by atoms with Gasteiger partial charge in [-0.05, 0) is 19.1 Å². The van der Waals surface area contributed by atoms with Crippen LogP contribution >= 0.6 is 0 Å². The summed E-state index contributed by atoms with van der Waals surface area (Å²) in [6.45, 7) is 6.03. The molecule has 5 rings (SSSR count). The van der Waals surface area contributed by atoms with Crippen molar-refractivity contribution in [2.75, 3.05) is 0 Å². The number of nitrogens with zero attached hydrogens (tertiary/aromatic N) is 3. The van der Waals surface area contributed by atoms with Crippen LogP contribution in [-0.4, -0.2) is 15.0 Å². The van der Waals surface area contributed by atoms with E-state index in [1.54, 1.807) is 0 Å². The van der Waals surface area contributed by atoms with Gasteiger partial charge in [0.05, 0.1) is 0 Å². The number of hydrogen-bond donors (Lipinski definition) is 0. The SMILES string of the molecule is C=c1oc2cc(-c3nc(-c4ccccc4)nc(-c4ccccc4)n3)ccc2/c1=C/C=C\C. The summed E-state index contributed by atoms with van der Waals surface area (Å²) in [5.41, 5.74) is 4.14. The Balaban J connectivity index is 1.70. The number of hydrogen-bond acceptors (Lipinski definition) is 4. The molecule has 2 aromatic heterocycles. The molecular weight excluding hydrogens is 394 g/mol. The molecule has 4 heteroatoms. The molecule has 0 atom stereocenters. The fraction of sp³-hybridized carbons (Fsp3) is 0.0357. The van der Waals surface area contributed by atoms with Crippen molar-refractivity contribution in [2.24, 2.45) is 0 Å². The summed E-state index contributed by atoms with van der Waals surface area (Å²) >= 11 is 0. The molecule has 0 bridgehead atoms. The van der Waals surface area contributed by atoms with Gasteiger partial charge in [0.1, 0.15) is 11.0 Å². The van der Waals surface area contributed by atoms with Gasteiger partial charge in [0.15, 0.2) is 17.5 Å². The Bertz CT molecular complexity index is 1480. The third kappa shape index (κ3) is 3.74. The predicted octanol–water partition coefficient (Wildman–Crippen LogP) is 5.39. The molecule has 0 saturated carbocycles. The molecule has 0 fully saturated rings. The van der Waals surface area contributed by atoms with Crippen molar-refractivity contribution in [2.45, 2.75) is 6.92 Å². The average Bonchev–Trinajstić information content (AvgIpc) is 3.17. The van der Waals surface area contributed by atoms with Crippen LogP contribution in [0, 0.1) is 0 Å². The maximum absolute atomic E-state index is 5.94. The smallest absolute Gasteiger partial charge is 0.164 e. The van der Waals surface area contributed by atoms with Gasteiger partial charge < -0.3 is 4.42 Å². The van der Waals surface area contributed by atoms with Gasteiger partial charge in [-0.15, -0.1) is 0 Å². The van der Waals surface area contributed by atoms with Crippen LogP contribution in [0.25, 0.3) is 57.8 Å². The van der Waals surface area contributed by atoms with Crippen molar-refractivity contribution < 1.29 is 4.42 Å². The molecule has 32 heavy (non-hydrogen) atoms. The van der Waals surface area contributed by atoms with E-state index in [-0.39, 0.29) is 0 Å². The number of allylic oxidation sites excluding steroid dienone is 2. The first-order valence-electron chi connectivity index (χ1n) is 10.4. The quantitative estimate of drug-likeness (QED) is 0.395. The largest absolute Gasteiger partial charge is 0.457 e. The Labute approximate surface area is 185 Å². The van der Waals surface area contributed by atoms with Crippen LogP contribution in [0.3, 0.4) is 0 Å². The van der Waals surface area contributed by atoms with Crippen LogP contribution in [0.1, 0.15) is 6.92 Å². The second-order valence-corrected chi connectivity index (χ2v) is 7.38. The van der Waals surface area contributed by atoms with Crippen molar-refractivity contribution in [3.05, 3.63) is 102 Å². The van der Waals surface area contributed by atoms with Crippen molar-refractivity contribution >= 4 is 23.6 Å². The van der Waals surface area contributed by atoms with Gasteiger partial charge in [-0.25, -0.2) is 15.0 Å². The maximum Gasteiger partial charge on any atom is 0.164 e. The van der Waals surface area contributed by atoms with Gasteiger partial charge >= 0.3 is 0 Å². The number of aromatic nitrogens is 3. The molecular formula is C28H21N3O. The highest BCUT2D eigenvalue weighted by Gasteiger charge is 2.13. The van der Waals surface area contributed by atoms with Crippen LogP contribution in [0.5, 0.6) is 0 Å². The number of benzene rings is 3. The fourth-order valence-corrected chi connectivity index (χ4v) is 3.62. The summed E-state index contributed by atoms with van der Waals surface area (Å²) in [4.78, 5) is 14.3. The Kier molecular flexibility index (Phi) is 5.18. The zero-order valence-corrected chi connectivity index (χ0v) is 17.7. The van der Waals surface area contributed by atoms with Gasteiger partial charge in [0, 0.05) is 27.3 Å².